The van der Waals surface area contributed by atoms with E-state index >= 15 is 0 Å². The lowest BCUT2D eigenvalue weighted by Crippen LogP contribution is -2.25. The number of ether oxygens (including phenoxy) is 1. The van der Waals surface area contributed by atoms with Crippen LogP contribution in [0.3, 0.4) is 0 Å². The highest BCUT2D eigenvalue weighted by atomic mass is 35.5. The fourth-order valence-electron chi connectivity index (χ4n) is 1.75. The molecule has 1 aliphatic rings. The van der Waals surface area contributed by atoms with Gasteiger partial charge < -0.3 is 19.6 Å². The van der Waals surface area contributed by atoms with Gasteiger partial charge in [0.1, 0.15) is 5.76 Å². The Morgan fingerprint density at radius 2 is 2.35 bits per heavy atom. The van der Waals surface area contributed by atoms with Gasteiger partial charge in [-0.3, -0.25) is 0 Å². The van der Waals surface area contributed by atoms with Gasteiger partial charge in [-0.2, -0.15) is 0 Å². The summed E-state index contributed by atoms with van der Waals surface area (Å²) in [5.74, 6) is -0.422. The number of hydrogen-bond acceptors (Lipinski definition) is 4. The summed E-state index contributed by atoms with van der Waals surface area (Å²) in [5, 5.41) is 11.8. The van der Waals surface area contributed by atoms with Crippen LogP contribution in [-0.4, -0.2) is 30.3 Å². The number of rotatable bonds is 5. The van der Waals surface area contributed by atoms with Crippen molar-refractivity contribution >= 4 is 18.4 Å². The molecule has 1 atom stereocenters. The molecule has 1 aliphatic heterocycles. The first-order valence-corrected chi connectivity index (χ1v) is 5.40. The molecule has 96 valence electrons. The van der Waals surface area contributed by atoms with Gasteiger partial charge in [-0.25, -0.2) is 4.79 Å². The molecular weight excluding hydrogens is 246 g/mol. The second-order valence-corrected chi connectivity index (χ2v) is 3.84. The van der Waals surface area contributed by atoms with Crippen LogP contribution in [0.4, 0.5) is 0 Å². The lowest BCUT2D eigenvalue weighted by molar-refractivity contribution is 0.0659. The minimum absolute atomic E-state index is 0. The molecule has 0 saturated carbocycles. The van der Waals surface area contributed by atoms with Crippen molar-refractivity contribution in [3.63, 3.8) is 0 Å². The minimum atomic E-state index is -1.04. The van der Waals surface area contributed by atoms with Crippen LogP contribution in [0.25, 0.3) is 0 Å². The number of hydrogen-bond donors (Lipinski definition) is 2. The first-order chi connectivity index (χ1) is 7.75. The summed E-state index contributed by atoms with van der Waals surface area (Å²) in [5.41, 5.74) is 0. The summed E-state index contributed by atoms with van der Waals surface area (Å²) in [7, 11) is 0. The molecule has 1 aromatic rings. The van der Waals surface area contributed by atoms with Gasteiger partial charge in [0.25, 0.3) is 0 Å². The first kappa shape index (κ1) is 14.0. The van der Waals surface area contributed by atoms with E-state index in [0.717, 1.165) is 26.0 Å². The van der Waals surface area contributed by atoms with E-state index in [1.807, 2.05) is 0 Å². The molecule has 0 bridgehead atoms. The quantitative estimate of drug-likeness (QED) is 0.844. The molecule has 2 N–H and O–H groups in total. The lowest BCUT2D eigenvalue weighted by Gasteiger charge is -2.09. The number of nitrogens with one attached hydrogen (secondary N) is 1. The third-order valence-corrected chi connectivity index (χ3v) is 2.57. The van der Waals surface area contributed by atoms with Gasteiger partial charge in [-0.05, 0) is 25.0 Å². The third kappa shape index (κ3) is 4.03. The maximum atomic E-state index is 10.6. The fraction of sp³-hybridized carbons (Fsp3) is 0.545. The van der Waals surface area contributed by atoms with E-state index < -0.39 is 5.97 Å². The Hall–Kier alpha value is -1.04. The molecule has 1 fully saturated rings. The Balaban J connectivity index is 0.00000144. The van der Waals surface area contributed by atoms with E-state index in [1.165, 1.54) is 6.07 Å². The predicted octanol–water partition coefficient (Wildman–Crippen LogP) is 1.67. The zero-order valence-electron chi connectivity index (χ0n) is 9.35. The van der Waals surface area contributed by atoms with Gasteiger partial charge in [0.2, 0.25) is 5.76 Å². The first-order valence-electron chi connectivity index (χ1n) is 5.40. The normalized spacial score (nSPS) is 18.9. The molecule has 1 unspecified atom stereocenters. The zero-order valence-corrected chi connectivity index (χ0v) is 10.2. The van der Waals surface area contributed by atoms with E-state index in [2.05, 4.69) is 5.32 Å². The summed E-state index contributed by atoms with van der Waals surface area (Å²) in [6.07, 6.45) is 2.50. The topological polar surface area (TPSA) is 71.7 Å². The van der Waals surface area contributed by atoms with E-state index in [-0.39, 0.29) is 24.3 Å². The van der Waals surface area contributed by atoms with Crippen LogP contribution in [-0.2, 0) is 11.3 Å². The maximum absolute atomic E-state index is 10.6. The van der Waals surface area contributed by atoms with Crippen LogP contribution in [0.2, 0.25) is 0 Å². The van der Waals surface area contributed by atoms with Crippen LogP contribution in [0.5, 0.6) is 0 Å². The summed E-state index contributed by atoms with van der Waals surface area (Å²) in [6, 6.07) is 3.14. The highest BCUT2D eigenvalue weighted by Gasteiger charge is 2.15. The number of carbonyl (C=O) groups is 1. The molecule has 0 radical (unpaired) electrons. The standard InChI is InChI=1S/C11H15NO4.ClH/c13-11(14)10-4-3-9(16-10)7-12-6-8-2-1-5-15-8;/h3-4,8,12H,1-2,5-7H2,(H,13,14);1H. The molecule has 0 aromatic carbocycles. The number of carboxylic acid groups (broad SMARTS) is 1. The largest absolute Gasteiger partial charge is 0.475 e. The van der Waals surface area contributed by atoms with Gasteiger partial charge in [-0.15, -0.1) is 12.4 Å². The SMILES string of the molecule is Cl.O=C(O)c1ccc(CNCC2CCCO2)o1. The van der Waals surface area contributed by atoms with Gasteiger partial charge in [-0.1, -0.05) is 0 Å². The molecule has 0 spiro atoms. The van der Waals surface area contributed by atoms with Crippen molar-refractivity contribution in [2.45, 2.75) is 25.5 Å². The monoisotopic (exact) mass is 261 g/mol. The van der Waals surface area contributed by atoms with E-state index in [9.17, 15) is 4.79 Å². The van der Waals surface area contributed by atoms with Crippen molar-refractivity contribution in [1.29, 1.82) is 0 Å². The third-order valence-electron chi connectivity index (χ3n) is 2.57. The van der Waals surface area contributed by atoms with Crippen LogP contribution < -0.4 is 5.32 Å². The van der Waals surface area contributed by atoms with E-state index in [4.69, 9.17) is 14.3 Å². The molecule has 0 aliphatic carbocycles. The summed E-state index contributed by atoms with van der Waals surface area (Å²) in [4.78, 5) is 10.6. The Morgan fingerprint density at radius 1 is 1.53 bits per heavy atom. The van der Waals surface area contributed by atoms with E-state index in [0.29, 0.717) is 12.3 Å². The van der Waals surface area contributed by atoms with Gasteiger partial charge in [0, 0.05) is 13.2 Å². The van der Waals surface area contributed by atoms with Gasteiger partial charge in [0.05, 0.1) is 12.6 Å². The summed E-state index contributed by atoms with van der Waals surface area (Å²) >= 11 is 0. The van der Waals surface area contributed by atoms with Crippen molar-refractivity contribution in [2.75, 3.05) is 13.2 Å². The van der Waals surface area contributed by atoms with Gasteiger partial charge >= 0.3 is 5.97 Å². The number of furan rings is 1. The van der Waals surface area contributed by atoms with Crippen molar-refractivity contribution in [3.05, 3.63) is 23.7 Å². The average molecular weight is 262 g/mol. The zero-order chi connectivity index (χ0) is 11.4. The predicted molar refractivity (Wildman–Crippen MR) is 63.6 cm³/mol. The fourth-order valence-corrected chi connectivity index (χ4v) is 1.75. The summed E-state index contributed by atoms with van der Waals surface area (Å²) < 4.78 is 10.6. The van der Waals surface area contributed by atoms with Crippen molar-refractivity contribution in [1.82, 2.24) is 5.32 Å². The highest BCUT2D eigenvalue weighted by molar-refractivity contribution is 5.85. The van der Waals surface area contributed by atoms with Gasteiger partial charge in [0.15, 0.2) is 0 Å². The lowest BCUT2D eigenvalue weighted by atomic mass is 10.2. The number of carboxylic acids is 1. The van der Waals surface area contributed by atoms with Crippen molar-refractivity contribution < 1.29 is 19.1 Å². The Morgan fingerprint density at radius 3 is 2.94 bits per heavy atom. The molecule has 2 rings (SSSR count). The van der Waals surface area contributed by atoms with E-state index in [1.54, 1.807) is 6.07 Å². The molecule has 6 heteroatoms. The van der Waals surface area contributed by atoms with Crippen LogP contribution >= 0.6 is 12.4 Å². The molecule has 1 aromatic heterocycles. The Kier molecular flexibility index (Phi) is 5.47. The Bertz CT molecular complexity index is 360. The molecular formula is C11H16ClNO4. The number of aromatic carboxylic acids is 1. The second kappa shape index (κ2) is 6.64. The molecule has 0 amide bonds. The molecule has 2 heterocycles. The number of halogens is 1. The molecule has 5 nitrogen and oxygen atoms in total. The summed E-state index contributed by atoms with van der Waals surface area (Å²) in [6.45, 7) is 2.16. The van der Waals surface area contributed by atoms with Crippen molar-refractivity contribution in [3.8, 4) is 0 Å². The maximum Gasteiger partial charge on any atom is 0.371 e. The second-order valence-electron chi connectivity index (χ2n) is 3.84. The van der Waals surface area contributed by atoms with Crippen LogP contribution in [0, 0.1) is 0 Å². The van der Waals surface area contributed by atoms with Crippen LogP contribution in [0.1, 0.15) is 29.2 Å². The van der Waals surface area contributed by atoms with Crippen LogP contribution in [0.15, 0.2) is 16.5 Å². The average Bonchev–Trinajstić information content (AvgIpc) is 2.87. The van der Waals surface area contributed by atoms with Crippen molar-refractivity contribution in [2.24, 2.45) is 0 Å². The Labute approximate surface area is 106 Å². The molecule has 1 saturated heterocycles. The molecule has 17 heavy (non-hydrogen) atoms. The highest BCUT2D eigenvalue weighted by Crippen LogP contribution is 2.11. The minimum Gasteiger partial charge on any atom is -0.475 e. The smallest absolute Gasteiger partial charge is 0.371 e.